The van der Waals surface area contributed by atoms with Crippen LogP contribution in [0.25, 0.3) is 0 Å². The summed E-state index contributed by atoms with van der Waals surface area (Å²) in [4.78, 5) is 32.4. The third-order valence-electron chi connectivity index (χ3n) is 4.22. The summed E-state index contributed by atoms with van der Waals surface area (Å²) in [5.41, 5.74) is 0. The summed E-state index contributed by atoms with van der Waals surface area (Å²) in [7, 11) is -4.00. The number of amides is 2. The molecule has 2 amide bonds. The molecule has 0 spiro atoms. The number of rotatable bonds is 26. The number of carbonyl (C=O) groups is 2. The number of hydrogen-bond acceptors (Lipinski definition) is 10. The highest BCUT2D eigenvalue weighted by molar-refractivity contribution is 7.47. The van der Waals surface area contributed by atoms with Crippen molar-refractivity contribution in [3.8, 4) is 0 Å². The number of phosphoric acid groups is 1. The Morgan fingerprint density at radius 3 is 1.75 bits per heavy atom. The van der Waals surface area contributed by atoms with E-state index in [1.54, 1.807) is 0 Å². The van der Waals surface area contributed by atoms with E-state index in [0.29, 0.717) is 65.8 Å². The zero-order chi connectivity index (χ0) is 26.9. The SMILES string of the molecule is CCCCOP(=O)(O)OCCOCCOCCOCCNC(=O)COCCOCCNC(=O)C(C)C. The second-order valence-electron chi connectivity index (χ2n) is 7.79. The van der Waals surface area contributed by atoms with E-state index >= 15 is 0 Å². The summed E-state index contributed by atoms with van der Waals surface area (Å²) in [5.74, 6) is -0.313. The first-order chi connectivity index (χ1) is 17.3. The Labute approximate surface area is 214 Å². The summed E-state index contributed by atoms with van der Waals surface area (Å²) < 4.78 is 47.5. The van der Waals surface area contributed by atoms with Gasteiger partial charge in [0.1, 0.15) is 6.61 Å². The number of nitrogens with one attached hydrogen (secondary N) is 2. The van der Waals surface area contributed by atoms with Gasteiger partial charge >= 0.3 is 7.82 Å². The summed E-state index contributed by atoms with van der Waals surface area (Å²) in [6, 6.07) is 0. The van der Waals surface area contributed by atoms with Crippen LogP contribution in [0.5, 0.6) is 0 Å². The molecular formula is C22H45N2O11P. The number of unbranched alkanes of at least 4 members (excludes halogenated alkanes) is 1. The lowest BCUT2D eigenvalue weighted by atomic mass is 10.2. The highest BCUT2D eigenvalue weighted by Gasteiger charge is 2.19. The van der Waals surface area contributed by atoms with Gasteiger partial charge in [0, 0.05) is 19.0 Å². The van der Waals surface area contributed by atoms with E-state index in [9.17, 15) is 19.0 Å². The predicted molar refractivity (Wildman–Crippen MR) is 132 cm³/mol. The van der Waals surface area contributed by atoms with Gasteiger partial charge in [-0.2, -0.15) is 0 Å². The van der Waals surface area contributed by atoms with Crippen LogP contribution in [-0.2, 0) is 46.9 Å². The fraction of sp³-hybridized carbons (Fsp3) is 0.909. The highest BCUT2D eigenvalue weighted by atomic mass is 31.2. The van der Waals surface area contributed by atoms with Crippen molar-refractivity contribution in [3.63, 3.8) is 0 Å². The van der Waals surface area contributed by atoms with E-state index in [1.807, 2.05) is 20.8 Å². The van der Waals surface area contributed by atoms with Gasteiger partial charge in [0.25, 0.3) is 0 Å². The molecular weight excluding hydrogens is 499 g/mol. The van der Waals surface area contributed by atoms with Crippen molar-refractivity contribution in [2.45, 2.75) is 33.6 Å². The molecule has 3 N–H and O–H groups in total. The first kappa shape index (κ1) is 34.9. The van der Waals surface area contributed by atoms with Crippen molar-refractivity contribution < 1.29 is 51.8 Å². The molecule has 0 rings (SSSR count). The van der Waals surface area contributed by atoms with Gasteiger partial charge in [0.05, 0.1) is 72.7 Å². The molecule has 0 aliphatic carbocycles. The molecule has 0 aliphatic rings. The van der Waals surface area contributed by atoms with Crippen molar-refractivity contribution in [1.82, 2.24) is 10.6 Å². The maximum absolute atomic E-state index is 11.6. The lowest BCUT2D eigenvalue weighted by molar-refractivity contribution is -0.127. The van der Waals surface area contributed by atoms with Gasteiger partial charge < -0.3 is 39.2 Å². The van der Waals surface area contributed by atoms with Crippen molar-refractivity contribution in [2.75, 3.05) is 92.4 Å². The molecule has 36 heavy (non-hydrogen) atoms. The third kappa shape index (κ3) is 24.5. The molecule has 0 aromatic rings. The second kappa shape index (κ2) is 24.2. The van der Waals surface area contributed by atoms with E-state index in [2.05, 4.69) is 10.6 Å². The maximum atomic E-state index is 11.6. The van der Waals surface area contributed by atoms with Gasteiger partial charge in [0.15, 0.2) is 0 Å². The average Bonchev–Trinajstić information content (AvgIpc) is 2.83. The summed E-state index contributed by atoms with van der Waals surface area (Å²) in [6.45, 7) is 9.36. The topological polar surface area (TPSA) is 160 Å². The molecule has 0 saturated heterocycles. The fourth-order valence-corrected chi connectivity index (χ4v) is 3.00. The van der Waals surface area contributed by atoms with Gasteiger partial charge in [-0.1, -0.05) is 27.2 Å². The van der Waals surface area contributed by atoms with E-state index in [0.717, 1.165) is 6.42 Å². The van der Waals surface area contributed by atoms with Crippen LogP contribution in [0.4, 0.5) is 0 Å². The predicted octanol–water partition coefficient (Wildman–Crippen LogP) is 0.892. The lowest BCUT2D eigenvalue weighted by Gasteiger charge is -2.12. The van der Waals surface area contributed by atoms with Crippen molar-refractivity contribution in [3.05, 3.63) is 0 Å². The zero-order valence-electron chi connectivity index (χ0n) is 21.9. The number of hydrogen-bond donors (Lipinski definition) is 3. The van der Waals surface area contributed by atoms with Crippen molar-refractivity contribution in [1.29, 1.82) is 0 Å². The van der Waals surface area contributed by atoms with Crippen LogP contribution in [0.1, 0.15) is 33.6 Å². The zero-order valence-corrected chi connectivity index (χ0v) is 22.8. The quantitative estimate of drug-likeness (QED) is 0.105. The van der Waals surface area contributed by atoms with E-state index in [-0.39, 0.29) is 50.8 Å². The normalized spacial score (nSPS) is 13.0. The van der Waals surface area contributed by atoms with E-state index in [1.165, 1.54) is 0 Å². The van der Waals surface area contributed by atoms with Crippen LogP contribution in [0.3, 0.4) is 0 Å². The molecule has 0 fully saturated rings. The average molecular weight is 545 g/mol. The third-order valence-corrected chi connectivity index (χ3v) is 5.24. The molecule has 0 saturated carbocycles. The van der Waals surface area contributed by atoms with Crippen molar-refractivity contribution in [2.24, 2.45) is 5.92 Å². The van der Waals surface area contributed by atoms with Crippen molar-refractivity contribution >= 4 is 19.6 Å². The molecule has 0 bridgehead atoms. The number of ether oxygens (including phenoxy) is 5. The van der Waals surface area contributed by atoms with Gasteiger partial charge in [-0.25, -0.2) is 4.57 Å². The van der Waals surface area contributed by atoms with Crippen LogP contribution in [0.15, 0.2) is 0 Å². The summed E-state index contributed by atoms with van der Waals surface area (Å²) in [6.07, 6.45) is 1.55. The van der Waals surface area contributed by atoms with Gasteiger partial charge in [0.2, 0.25) is 11.8 Å². The Hall–Kier alpha value is -1.15. The molecule has 0 heterocycles. The highest BCUT2D eigenvalue weighted by Crippen LogP contribution is 2.42. The Morgan fingerprint density at radius 1 is 0.722 bits per heavy atom. The first-order valence-corrected chi connectivity index (χ1v) is 13.8. The minimum absolute atomic E-state index is 0.0148. The standard InChI is InChI=1S/C22H45N2O11P/c1-4-5-8-34-36(27,28)35-18-17-32-14-13-31-12-11-29-9-6-23-21(25)19-33-16-15-30-10-7-24-22(26)20(2)3/h20H,4-19H2,1-3H3,(H,23,25)(H,24,26)(H,27,28). The maximum Gasteiger partial charge on any atom is 0.472 e. The minimum Gasteiger partial charge on any atom is -0.377 e. The van der Waals surface area contributed by atoms with Crippen LogP contribution >= 0.6 is 7.82 Å². The number of phosphoric ester groups is 1. The molecule has 0 aliphatic heterocycles. The smallest absolute Gasteiger partial charge is 0.377 e. The number of carbonyl (C=O) groups excluding carboxylic acids is 2. The summed E-state index contributed by atoms with van der Waals surface area (Å²) in [5, 5.41) is 5.42. The summed E-state index contributed by atoms with van der Waals surface area (Å²) >= 11 is 0. The van der Waals surface area contributed by atoms with Gasteiger partial charge in [-0.3, -0.25) is 18.6 Å². The van der Waals surface area contributed by atoms with Crippen LogP contribution in [-0.4, -0.2) is 109 Å². The van der Waals surface area contributed by atoms with Gasteiger partial charge in [-0.05, 0) is 6.42 Å². The Bertz CT molecular complexity index is 596. The largest absolute Gasteiger partial charge is 0.472 e. The molecule has 0 aromatic heterocycles. The molecule has 14 heteroatoms. The molecule has 13 nitrogen and oxygen atoms in total. The Kier molecular flexibility index (Phi) is 23.4. The first-order valence-electron chi connectivity index (χ1n) is 12.3. The van der Waals surface area contributed by atoms with Gasteiger partial charge in [-0.15, -0.1) is 0 Å². The van der Waals surface area contributed by atoms with Crippen LogP contribution < -0.4 is 10.6 Å². The lowest BCUT2D eigenvalue weighted by Crippen LogP contribution is -2.32. The van der Waals surface area contributed by atoms with Crippen LogP contribution in [0.2, 0.25) is 0 Å². The molecule has 1 unspecified atom stereocenters. The molecule has 1 atom stereocenters. The Morgan fingerprint density at radius 2 is 1.19 bits per heavy atom. The molecule has 0 radical (unpaired) electrons. The monoisotopic (exact) mass is 544 g/mol. The van der Waals surface area contributed by atoms with E-state index < -0.39 is 7.82 Å². The Balaban J connectivity index is 3.32. The molecule has 0 aromatic carbocycles. The molecule has 214 valence electrons. The minimum atomic E-state index is -4.00. The van der Waals surface area contributed by atoms with E-state index in [4.69, 9.17) is 32.7 Å². The fourth-order valence-electron chi connectivity index (χ4n) is 2.26. The second-order valence-corrected chi connectivity index (χ2v) is 9.24. The van der Waals surface area contributed by atoms with Crippen LogP contribution in [0, 0.1) is 5.92 Å².